The van der Waals surface area contributed by atoms with E-state index in [9.17, 15) is 18.0 Å². The van der Waals surface area contributed by atoms with Crippen LogP contribution in [0.1, 0.15) is 16.1 Å². The molecule has 1 heterocycles. The molecule has 0 aliphatic rings. The van der Waals surface area contributed by atoms with Crippen molar-refractivity contribution in [2.45, 2.75) is 6.54 Å². The maximum atomic E-state index is 13.2. The molecule has 1 aromatic heterocycles. The Labute approximate surface area is 147 Å². The summed E-state index contributed by atoms with van der Waals surface area (Å²) in [6, 6.07) is 12.3. The summed E-state index contributed by atoms with van der Waals surface area (Å²) in [4.78, 5) is 16.1. The summed E-state index contributed by atoms with van der Waals surface area (Å²) in [6.45, 7) is 0.246. The largest absolute Gasteiger partial charge is 0.354 e. The number of carbonyl (C=O) groups is 1. The highest BCUT2D eigenvalue weighted by atomic mass is 19.2. The van der Waals surface area contributed by atoms with E-state index in [2.05, 4.69) is 15.6 Å². The van der Waals surface area contributed by atoms with Crippen LogP contribution in [0.2, 0.25) is 0 Å². The SMILES string of the molecule is O=C(NCc1ccc(F)cc1)c1ccc(Nc2ccc(F)c(F)c2)cn1. The minimum atomic E-state index is -0.959. The average Bonchev–Trinajstić information content (AvgIpc) is 2.65. The number of carbonyl (C=O) groups excluding carboxylic acids is 1. The molecule has 0 radical (unpaired) electrons. The Morgan fingerprint density at radius 3 is 2.27 bits per heavy atom. The number of rotatable bonds is 5. The molecular weight excluding hydrogens is 343 g/mol. The second-order valence-corrected chi connectivity index (χ2v) is 5.50. The normalized spacial score (nSPS) is 10.4. The van der Waals surface area contributed by atoms with Gasteiger partial charge in [0, 0.05) is 18.3 Å². The molecule has 3 rings (SSSR count). The van der Waals surface area contributed by atoms with Gasteiger partial charge in [-0.05, 0) is 42.0 Å². The Balaban J connectivity index is 1.60. The van der Waals surface area contributed by atoms with Crippen LogP contribution in [-0.2, 0) is 6.54 Å². The number of hydrogen-bond acceptors (Lipinski definition) is 3. The third kappa shape index (κ3) is 4.38. The molecule has 0 aliphatic heterocycles. The lowest BCUT2D eigenvalue weighted by Crippen LogP contribution is -2.23. The number of nitrogens with one attached hydrogen (secondary N) is 2. The minimum absolute atomic E-state index is 0.197. The van der Waals surface area contributed by atoms with Gasteiger partial charge in [0.25, 0.3) is 5.91 Å². The van der Waals surface area contributed by atoms with Crippen molar-refractivity contribution < 1.29 is 18.0 Å². The van der Waals surface area contributed by atoms with Crippen LogP contribution in [0.5, 0.6) is 0 Å². The number of halogens is 3. The van der Waals surface area contributed by atoms with E-state index in [-0.39, 0.29) is 24.0 Å². The van der Waals surface area contributed by atoms with Gasteiger partial charge in [-0.2, -0.15) is 0 Å². The molecule has 4 nitrogen and oxygen atoms in total. The highest BCUT2D eigenvalue weighted by Crippen LogP contribution is 2.18. The fourth-order valence-electron chi connectivity index (χ4n) is 2.22. The first-order chi connectivity index (χ1) is 12.5. The number of anilines is 2. The van der Waals surface area contributed by atoms with E-state index in [1.807, 2.05) is 0 Å². The van der Waals surface area contributed by atoms with E-state index in [1.54, 1.807) is 18.2 Å². The van der Waals surface area contributed by atoms with Crippen LogP contribution < -0.4 is 10.6 Å². The molecular formula is C19H14F3N3O. The lowest BCUT2D eigenvalue weighted by atomic mass is 10.2. The van der Waals surface area contributed by atoms with Crippen LogP contribution in [0.25, 0.3) is 0 Å². The molecule has 0 aliphatic carbocycles. The monoisotopic (exact) mass is 357 g/mol. The lowest BCUT2D eigenvalue weighted by Gasteiger charge is -2.08. The molecule has 0 fully saturated rings. The molecule has 0 bridgehead atoms. The zero-order chi connectivity index (χ0) is 18.5. The topological polar surface area (TPSA) is 54.0 Å². The second kappa shape index (κ2) is 7.69. The molecule has 0 unspecified atom stereocenters. The highest BCUT2D eigenvalue weighted by Gasteiger charge is 2.08. The fraction of sp³-hybridized carbons (Fsp3) is 0.0526. The predicted octanol–water partition coefficient (Wildman–Crippen LogP) is 4.17. The number of aromatic nitrogens is 1. The van der Waals surface area contributed by atoms with Crippen LogP contribution in [-0.4, -0.2) is 10.9 Å². The summed E-state index contributed by atoms with van der Waals surface area (Å²) in [5.41, 5.74) is 1.84. The van der Waals surface area contributed by atoms with Gasteiger partial charge < -0.3 is 10.6 Å². The van der Waals surface area contributed by atoms with E-state index < -0.39 is 11.6 Å². The van der Waals surface area contributed by atoms with Gasteiger partial charge >= 0.3 is 0 Å². The van der Waals surface area contributed by atoms with Gasteiger partial charge in [0.1, 0.15) is 11.5 Å². The first kappa shape index (κ1) is 17.5. The number of nitrogens with zero attached hydrogens (tertiary/aromatic N) is 1. The summed E-state index contributed by atoms with van der Waals surface area (Å²) in [6.07, 6.45) is 1.41. The van der Waals surface area contributed by atoms with Crippen molar-refractivity contribution in [3.8, 4) is 0 Å². The standard InChI is InChI=1S/C19H14F3N3O/c20-13-3-1-12(2-4-13)10-24-19(26)18-8-6-15(11-23-18)25-14-5-7-16(21)17(22)9-14/h1-9,11,25H,10H2,(H,24,26). The second-order valence-electron chi connectivity index (χ2n) is 5.50. The van der Waals surface area contributed by atoms with Crippen LogP contribution in [0, 0.1) is 17.5 Å². The van der Waals surface area contributed by atoms with Gasteiger partial charge in [0.05, 0.1) is 11.9 Å². The number of pyridine rings is 1. The molecule has 26 heavy (non-hydrogen) atoms. The van der Waals surface area contributed by atoms with Gasteiger partial charge in [-0.25, -0.2) is 18.2 Å². The maximum absolute atomic E-state index is 13.2. The summed E-state index contributed by atoms with van der Waals surface area (Å²) < 4.78 is 39.0. The molecule has 0 spiro atoms. The van der Waals surface area contributed by atoms with E-state index in [1.165, 1.54) is 30.5 Å². The first-order valence-corrected chi connectivity index (χ1v) is 7.72. The molecule has 3 aromatic rings. The van der Waals surface area contributed by atoms with Crippen molar-refractivity contribution in [3.05, 3.63) is 89.5 Å². The zero-order valence-corrected chi connectivity index (χ0v) is 13.5. The van der Waals surface area contributed by atoms with Crippen molar-refractivity contribution in [2.75, 3.05) is 5.32 Å². The Bertz CT molecular complexity index is 912. The van der Waals surface area contributed by atoms with E-state index in [4.69, 9.17) is 0 Å². The van der Waals surface area contributed by atoms with Gasteiger partial charge in [-0.1, -0.05) is 12.1 Å². The van der Waals surface area contributed by atoms with Crippen molar-refractivity contribution in [1.82, 2.24) is 10.3 Å². The molecule has 7 heteroatoms. The van der Waals surface area contributed by atoms with Gasteiger partial charge in [0.2, 0.25) is 0 Å². The lowest BCUT2D eigenvalue weighted by molar-refractivity contribution is 0.0946. The van der Waals surface area contributed by atoms with Crippen molar-refractivity contribution in [3.63, 3.8) is 0 Å². The van der Waals surface area contributed by atoms with Crippen LogP contribution in [0.15, 0.2) is 60.8 Å². The van der Waals surface area contributed by atoms with E-state index >= 15 is 0 Å². The van der Waals surface area contributed by atoms with Gasteiger partial charge in [0.15, 0.2) is 11.6 Å². The van der Waals surface area contributed by atoms with Gasteiger partial charge in [-0.15, -0.1) is 0 Å². The average molecular weight is 357 g/mol. The molecule has 2 N–H and O–H groups in total. The Hall–Kier alpha value is -3.35. The van der Waals surface area contributed by atoms with Crippen molar-refractivity contribution in [2.24, 2.45) is 0 Å². The third-order valence-corrected chi connectivity index (χ3v) is 3.57. The molecule has 1 amide bonds. The first-order valence-electron chi connectivity index (χ1n) is 7.72. The Kier molecular flexibility index (Phi) is 5.17. The van der Waals surface area contributed by atoms with E-state index in [0.717, 1.165) is 17.7 Å². The fourth-order valence-corrected chi connectivity index (χ4v) is 2.22. The number of amides is 1. The van der Waals surface area contributed by atoms with Crippen LogP contribution in [0.3, 0.4) is 0 Å². The third-order valence-electron chi connectivity index (χ3n) is 3.57. The number of benzene rings is 2. The van der Waals surface area contributed by atoms with E-state index in [0.29, 0.717) is 11.4 Å². The summed E-state index contributed by atoms with van der Waals surface area (Å²) >= 11 is 0. The quantitative estimate of drug-likeness (QED) is 0.721. The predicted molar refractivity (Wildman–Crippen MR) is 91.4 cm³/mol. The van der Waals surface area contributed by atoms with Crippen molar-refractivity contribution in [1.29, 1.82) is 0 Å². The van der Waals surface area contributed by atoms with Crippen LogP contribution in [0.4, 0.5) is 24.5 Å². The number of hydrogen-bond donors (Lipinski definition) is 2. The summed E-state index contributed by atoms with van der Waals surface area (Å²) in [7, 11) is 0. The Morgan fingerprint density at radius 2 is 1.62 bits per heavy atom. The molecule has 2 aromatic carbocycles. The summed E-state index contributed by atoms with van der Waals surface area (Å²) in [5, 5.41) is 5.55. The Morgan fingerprint density at radius 1 is 0.885 bits per heavy atom. The minimum Gasteiger partial charge on any atom is -0.354 e. The molecule has 0 saturated carbocycles. The van der Waals surface area contributed by atoms with Crippen LogP contribution >= 0.6 is 0 Å². The summed E-state index contributed by atoms with van der Waals surface area (Å²) in [5.74, 6) is -2.61. The zero-order valence-electron chi connectivity index (χ0n) is 13.5. The van der Waals surface area contributed by atoms with Crippen molar-refractivity contribution >= 4 is 17.3 Å². The van der Waals surface area contributed by atoms with Gasteiger partial charge in [-0.3, -0.25) is 4.79 Å². The molecule has 0 saturated heterocycles. The maximum Gasteiger partial charge on any atom is 0.270 e. The highest BCUT2D eigenvalue weighted by molar-refractivity contribution is 5.92. The smallest absolute Gasteiger partial charge is 0.270 e. The molecule has 0 atom stereocenters. The molecule has 132 valence electrons.